The molecule has 1 aromatic heterocycles. The van der Waals surface area contributed by atoms with Gasteiger partial charge in [0.2, 0.25) is 7.28 Å². The standard InChI is InChI=1S/C24H42B2N2/c1-17(2)24-16-15-20-21(23(24,5)26-24)27-22(28(20)18(3)4)25-19-13-11-9-7-6-8-10-12-14-19/h17-19,25-26H,6-16H2,1-5H3. The highest BCUT2D eigenvalue weighted by Gasteiger charge is 2.70. The van der Waals surface area contributed by atoms with Crippen LogP contribution in [-0.4, -0.2) is 24.1 Å². The van der Waals surface area contributed by atoms with E-state index in [1.807, 2.05) is 0 Å². The lowest BCUT2D eigenvalue weighted by atomic mass is 9.59. The first-order chi connectivity index (χ1) is 13.4. The summed E-state index contributed by atoms with van der Waals surface area (Å²) in [5.74, 6) is 1.62. The number of fused-ring (bicyclic) bond motifs is 3. The van der Waals surface area contributed by atoms with Gasteiger partial charge in [0.15, 0.2) is 0 Å². The maximum Gasteiger partial charge on any atom is 0.207 e. The van der Waals surface area contributed by atoms with Crippen LogP contribution in [0.15, 0.2) is 0 Å². The largest absolute Gasteiger partial charge is 0.338 e. The lowest BCUT2D eigenvalue weighted by Gasteiger charge is -2.33. The maximum absolute atomic E-state index is 5.45. The van der Waals surface area contributed by atoms with Gasteiger partial charge in [0.1, 0.15) is 7.28 Å². The maximum atomic E-state index is 5.45. The summed E-state index contributed by atoms with van der Waals surface area (Å²) in [6, 6.07) is 0.541. The molecule has 1 saturated carbocycles. The van der Waals surface area contributed by atoms with Crippen molar-refractivity contribution in [1.29, 1.82) is 0 Å². The highest BCUT2D eigenvalue weighted by Crippen LogP contribution is 2.71. The van der Waals surface area contributed by atoms with Gasteiger partial charge in [-0.3, -0.25) is 0 Å². The van der Waals surface area contributed by atoms with Crippen molar-refractivity contribution < 1.29 is 0 Å². The van der Waals surface area contributed by atoms with Gasteiger partial charge < -0.3 is 4.57 Å². The molecule has 0 spiro atoms. The van der Waals surface area contributed by atoms with Crippen molar-refractivity contribution in [2.24, 2.45) is 5.92 Å². The summed E-state index contributed by atoms with van der Waals surface area (Å²) in [5, 5.41) is 0.879. The fourth-order valence-corrected chi connectivity index (χ4v) is 7.05. The van der Waals surface area contributed by atoms with Gasteiger partial charge >= 0.3 is 0 Å². The average Bonchev–Trinajstić information content (AvgIpc) is 3.14. The second-order valence-electron chi connectivity index (χ2n) is 11.2. The monoisotopic (exact) mass is 380 g/mol. The van der Waals surface area contributed by atoms with E-state index in [1.165, 1.54) is 96.6 Å². The summed E-state index contributed by atoms with van der Waals surface area (Å²) < 4.78 is 2.67. The fraction of sp³-hybridized carbons (Fsp3) is 0.875. The van der Waals surface area contributed by atoms with Crippen molar-refractivity contribution in [2.75, 3.05) is 0 Å². The molecule has 1 aliphatic heterocycles. The summed E-state index contributed by atoms with van der Waals surface area (Å²) in [5.41, 5.74) is 4.52. The molecule has 0 N–H and O–H groups in total. The Morgan fingerprint density at radius 1 is 1.00 bits per heavy atom. The second-order valence-corrected chi connectivity index (χ2v) is 11.2. The van der Waals surface area contributed by atoms with Gasteiger partial charge in [0, 0.05) is 11.7 Å². The Hall–Kier alpha value is -0.660. The zero-order valence-corrected chi connectivity index (χ0v) is 19.3. The van der Waals surface area contributed by atoms with Crippen LogP contribution in [0.5, 0.6) is 0 Å². The summed E-state index contributed by atoms with van der Waals surface area (Å²) in [4.78, 5) is 5.45. The molecule has 1 saturated heterocycles. The molecule has 2 fully saturated rings. The van der Waals surface area contributed by atoms with Crippen LogP contribution in [0.4, 0.5) is 0 Å². The Morgan fingerprint density at radius 3 is 2.18 bits per heavy atom. The molecule has 0 amide bonds. The SMILES string of the molecule is CC(C)n1c(BC2CCCCCCCCC2)nc2c1CCC1(C(C)C)BC21C. The highest BCUT2D eigenvalue weighted by atomic mass is 15.1. The molecule has 154 valence electrons. The molecule has 3 aliphatic rings. The molecule has 2 atom stereocenters. The molecular formula is C24H42B2N2. The van der Waals surface area contributed by atoms with Crippen LogP contribution in [0.25, 0.3) is 0 Å². The van der Waals surface area contributed by atoms with E-state index in [2.05, 4.69) is 39.2 Å². The van der Waals surface area contributed by atoms with E-state index in [0.29, 0.717) is 16.7 Å². The Morgan fingerprint density at radius 2 is 1.61 bits per heavy atom. The van der Waals surface area contributed by atoms with E-state index in [0.717, 1.165) is 11.7 Å². The average molecular weight is 380 g/mol. The minimum absolute atomic E-state index is 0.347. The summed E-state index contributed by atoms with van der Waals surface area (Å²) in [7, 11) is 2.58. The first-order valence-electron chi connectivity index (χ1n) is 12.5. The van der Waals surface area contributed by atoms with E-state index >= 15 is 0 Å². The number of imidazole rings is 1. The van der Waals surface area contributed by atoms with Gasteiger partial charge in [-0.1, -0.05) is 84.4 Å². The normalized spacial score (nSPS) is 31.2. The first kappa shape index (κ1) is 20.6. The third-order valence-corrected chi connectivity index (χ3v) is 8.87. The zero-order valence-electron chi connectivity index (χ0n) is 19.3. The number of aromatic nitrogens is 2. The molecule has 2 unspecified atom stereocenters. The lowest BCUT2D eigenvalue weighted by molar-refractivity contribution is 0.356. The molecule has 2 aliphatic carbocycles. The molecule has 0 radical (unpaired) electrons. The third-order valence-electron chi connectivity index (χ3n) is 8.87. The lowest BCUT2D eigenvalue weighted by Crippen LogP contribution is -2.32. The van der Waals surface area contributed by atoms with E-state index in [-0.39, 0.29) is 0 Å². The number of rotatable bonds is 4. The van der Waals surface area contributed by atoms with Gasteiger partial charge in [-0.15, -0.1) is 0 Å². The van der Waals surface area contributed by atoms with Crippen molar-refractivity contribution in [1.82, 2.24) is 9.55 Å². The number of nitrogens with zero attached hydrogens (tertiary/aromatic N) is 2. The van der Waals surface area contributed by atoms with Crippen molar-refractivity contribution in [2.45, 2.75) is 128 Å². The number of hydrogen-bond acceptors (Lipinski definition) is 1. The molecule has 2 nitrogen and oxygen atoms in total. The Kier molecular flexibility index (Phi) is 5.80. The van der Waals surface area contributed by atoms with E-state index in [1.54, 1.807) is 5.69 Å². The molecule has 2 heterocycles. The zero-order chi connectivity index (χ0) is 19.9. The van der Waals surface area contributed by atoms with Crippen LogP contribution >= 0.6 is 0 Å². The predicted molar refractivity (Wildman–Crippen MR) is 125 cm³/mol. The molecule has 0 aromatic carbocycles. The van der Waals surface area contributed by atoms with Gasteiger partial charge in [0.05, 0.1) is 11.4 Å². The van der Waals surface area contributed by atoms with Crippen molar-refractivity contribution >= 4 is 20.3 Å². The Labute approximate surface area is 175 Å². The van der Waals surface area contributed by atoms with Crippen LogP contribution in [0.2, 0.25) is 11.1 Å². The topological polar surface area (TPSA) is 17.8 Å². The molecule has 28 heavy (non-hydrogen) atoms. The predicted octanol–water partition coefficient (Wildman–Crippen LogP) is 5.27. The van der Waals surface area contributed by atoms with Gasteiger partial charge in [-0.05, 0) is 43.2 Å². The third kappa shape index (κ3) is 3.41. The van der Waals surface area contributed by atoms with E-state index < -0.39 is 0 Å². The smallest absolute Gasteiger partial charge is 0.207 e. The van der Waals surface area contributed by atoms with E-state index in [4.69, 9.17) is 4.98 Å². The van der Waals surface area contributed by atoms with Gasteiger partial charge in [0.25, 0.3) is 0 Å². The first-order valence-corrected chi connectivity index (χ1v) is 12.5. The van der Waals surface area contributed by atoms with Crippen molar-refractivity contribution in [3.8, 4) is 0 Å². The molecule has 4 rings (SSSR count). The summed E-state index contributed by atoms with van der Waals surface area (Å²) in [6.45, 7) is 12.2. The Bertz CT molecular complexity index is 685. The van der Waals surface area contributed by atoms with Crippen LogP contribution in [-0.2, 0) is 11.7 Å². The molecule has 4 heteroatoms. The van der Waals surface area contributed by atoms with Crippen LogP contribution in [0, 0.1) is 5.92 Å². The molecule has 0 bridgehead atoms. The van der Waals surface area contributed by atoms with Crippen LogP contribution < -0.4 is 5.72 Å². The summed E-state index contributed by atoms with van der Waals surface area (Å²) in [6.07, 6.45) is 15.6. The van der Waals surface area contributed by atoms with Gasteiger partial charge in [-0.25, -0.2) is 4.98 Å². The molecular weight excluding hydrogens is 338 g/mol. The molecule has 1 aromatic rings. The minimum atomic E-state index is 0.347. The fourth-order valence-electron chi connectivity index (χ4n) is 7.05. The quantitative estimate of drug-likeness (QED) is 0.652. The number of hydrogen-bond donors (Lipinski definition) is 0. The Balaban J connectivity index is 1.60. The summed E-state index contributed by atoms with van der Waals surface area (Å²) >= 11 is 0. The highest BCUT2D eigenvalue weighted by molar-refractivity contribution is 6.60. The van der Waals surface area contributed by atoms with E-state index in [9.17, 15) is 0 Å². The van der Waals surface area contributed by atoms with Crippen molar-refractivity contribution in [3.63, 3.8) is 0 Å². The second kappa shape index (κ2) is 7.88. The van der Waals surface area contributed by atoms with Crippen LogP contribution in [0.1, 0.15) is 116 Å². The van der Waals surface area contributed by atoms with Gasteiger partial charge in [-0.2, -0.15) is 0 Å². The van der Waals surface area contributed by atoms with Crippen LogP contribution in [0.3, 0.4) is 0 Å². The van der Waals surface area contributed by atoms with Crippen molar-refractivity contribution in [3.05, 3.63) is 11.4 Å². The minimum Gasteiger partial charge on any atom is -0.338 e.